The van der Waals surface area contributed by atoms with Gasteiger partial charge in [0.25, 0.3) is 10.2 Å². The van der Waals surface area contributed by atoms with Crippen molar-refractivity contribution < 1.29 is 26.1 Å². The zero-order valence-electron chi connectivity index (χ0n) is 16.0. The maximum Gasteiger partial charge on any atom is 0.446 e. The molecule has 1 aromatic carbocycles. The Labute approximate surface area is 163 Å². The summed E-state index contributed by atoms with van der Waals surface area (Å²) in [5, 5.41) is 18.2. The van der Waals surface area contributed by atoms with Gasteiger partial charge in [0.2, 0.25) is 11.6 Å². The molecule has 0 aliphatic heterocycles. The van der Waals surface area contributed by atoms with Crippen LogP contribution in [0.25, 0.3) is 17.2 Å². The van der Waals surface area contributed by atoms with Crippen molar-refractivity contribution in [2.75, 3.05) is 18.4 Å². The lowest BCUT2D eigenvalue weighted by molar-refractivity contribution is 0.309. The Hall–Kier alpha value is -2.62. The van der Waals surface area contributed by atoms with Crippen LogP contribution in [-0.2, 0) is 10.2 Å². The summed E-state index contributed by atoms with van der Waals surface area (Å²) in [4.78, 5) is 12.2. The minimum Gasteiger partial charge on any atom is -0.364 e. The fraction of sp³-hybridized carbons (Fsp3) is 0.167. The first kappa shape index (κ1) is 15.4. The van der Waals surface area contributed by atoms with Gasteiger partial charge in [-0.1, -0.05) is 5.16 Å². The molecular weight excluding hydrogens is 453 g/mol. The number of nitrogens with one attached hydrogen (secondary N) is 2. The first-order chi connectivity index (χ1) is 14.0. The van der Waals surface area contributed by atoms with Gasteiger partial charge in [-0.25, -0.2) is 28.2 Å². The van der Waals surface area contributed by atoms with E-state index in [0.717, 1.165) is 0 Å². The largest absolute Gasteiger partial charge is 0.446 e. The van der Waals surface area contributed by atoms with Gasteiger partial charge in [-0.15, -0.1) is 0 Å². The molecule has 0 atom stereocenters. The van der Waals surface area contributed by atoms with Gasteiger partial charge >= 0.3 is 5.76 Å². The first-order valence-electron chi connectivity index (χ1n) is 8.41. The highest BCUT2D eigenvalue weighted by atomic mass is 79.9. The fourth-order valence-electron chi connectivity index (χ4n) is 1.89. The van der Waals surface area contributed by atoms with Gasteiger partial charge in [-0.05, 0) is 44.4 Å². The molecule has 0 aliphatic rings. The first-order valence-corrected chi connectivity index (χ1v) is 9.25. The zero-order chi connectivity index (χ0) is 22.2. The van der Waals surface area contributed by atoms with Crippen LogP contribution in [0.1, 0.15) is 4.11 Å². The van der Waals surface area contributed by atoms with Crippen molar-refractivity contribution >= 4 is 32.0 Å². The van der Waals surface area contributed by atoms with E-state index < -0.39 is 50.1 Å². The fourth-order valence-corrected chi connectivity index (χ4v) is 2.57. The third-order valence-electron chi connectivity index (χ3n) is 2.96. The van der Waals surface area contributed by atoms with Crippen molar-refractivity contribution in [1.29, 1.82) is 0 Å². The third kappa shape index (κ3) is 4.38. The van der Waals surface area contributed by atoms with Crippen LogP contribution in [0.5, 0.6) is 0 Å². The van der Waals surface area contributed by atoms with Crippen molar-refractivity contribution in [3.63, 3.8) is 0 Å². The van der Waals surface area contributed by atoms with E-state index in [1.54, 1.807) is 0 Å². The SMILES string of the molecule is [2H]c1c([2H])c(-n2c(-c3nonc3NCCNS(N)(=O)=O)noc2=O)c([2H])c(Br)c1F. The van der Waals surface area contributed by atoms with Crippen molar-refractivity contribution in [3.05, 3.63) is 39.0 Å². The Balaban J connectivity index is 2.04. The second kappa shape index (κ2) is 7.55. The van der Waals surface area contributed by atoms with Gasteiger partial charge in [-0.2, -0.15) is 8.42 Å². The normalized spacial score (nSPS) is 13.2. The average Bonchev–Trinajstić information content (AvgIpc) is 3.28. The molecule has 2 aromatic heterocycles. The molecule has 15 heteroatoms. The summed E-state index contributed by atoms with van der Waals surface area (Å²) in [6, 6.07) is -2.24. The molecular formula is C12H11BrFN7O5S. The van der Waals surface area contributed by atoms with Crippen LogP contribution >= 0.6 is 15.9 Å². The molecule has 0 spiro atoms. The monoisotopic (exact) mass is 466 g/mol. The summed E-state index contributed by atoms with van der Waals surface area (Å²) >= 11 is 2.81. The third-order valence-corrected chi connectivity index (χ3v) is 4.11. The molecule has 0 radical (unpaired) electrons. The molecule has 0 unspecified atom stereocenters. The smallest absolute Gasteiger partial charge is 0.364 e. The van der Waals surface area contributed by atoms with E-state index in [2.05, 4.69) is 45.9 Å². The van der Waals surface area contributed by atoms with Crippen molar-refractivity contribution in [2.24, 2.45) is 5.14 Å². The summed E-state index contributed by atoms with van der Waals surface area (Å²) in [5.74, 6) is -2.73. The molecule has 3 aromatic rings. The molecule has 12 nitrogen and oxygen atoms in total. The molecule has 3 rings (SSSR count). The number of halogens is 2. The number of hydrogen-bond donors (Lipinski definition) is 3. The van der Waals surface area contributed by atoms with Crippen LogP contribution in [0.15, 0.2) is 36.5 Å². The molecule has 0 aliphatic carbocycles. The topological polar surface area (TPSA) is 171 Å². The molecule has 144 valence electrons. The summed E-state index contributed by atoms with van der Waals surface area (Å²) < 4.78 is 70.8. The lowest BCUT2D eigenvalue weighted by atomic mass is 10.3. The predicted molar refractivity (Wildman–Crippen MR) is 92.6 cm³/mol. The Morgan fingerprint density at radius 1 is 1.33 bits per heavy atom. The van der Waals surface area contributed by atoms with Gasteiger partial charge < -0.3 is 5.32 Å². The summed E-state index contributed by atoms with van der Waals surface area (Å²) in [6.07, 6.45) is 0. The minimum absolute atomic E-state index is 0.0217. The summed E-state index contributed by atoms with van der Waals surface area (Å²) in [6.45, 7) is -0.149. The molecule has 0 fully saturated rings. The lowest BCUT2D eigenvalue weighted by Gasteiger charge is -2.06. The highest BCUT2D eigenvalue weighted by molar-refractivity contribution is 9.10. The molecule has 0 bridgehead atoms. The van der Waals surface area contributed by atoms with Crippen LogP contribution in [-0.4, -0.2) is 41.5 Å². The van der Waals surface area contributed by atoms with E-state index in [-0.39, 0.29) is 30.4 Å². The van der Waals surface area contributed by atoms with E-state index in [9.17, 15) is 17.6 Å². The highest BCUT2D eigenvalue weighted by Gasteiger charge is 2.23. The highest BCUT2D eigenvalue weighted by Crippen LogP contribution is 2.25. The number of nitrogens with zero attached hydrogens (tertiary/aromatic N) is 4. The second-order valence-electron chi connectivity index (χ2n) is 4.79. The van der Waals surface area contributed by atoms with Gasteiger partial charge in [0, 0.05) is 13.1 Å². The number of rotatable bonds is 7. The Kier molecular flexibility index (Phi) is 4.32. The van der Waals surface area contributed by atoms with E-state index in [0.29, 0.717) is 4.57 Å². The molecule has 0 amide bonds. The van der Waals surface area contributed by atoms with Crippen molar-refractivity contribution in [2.45, 2.75) is 0 Å². The molecule has 4 N–H and O–H groups in total. The van der Waals surface area contributed by atoms with Crippen molar-refractivity contribution in [1.82, 2.24) is 24.8 Å². The van der Waals surface area contributed by atoms with E-state index in [1.165, 1.54) is 0 Å². The quantitative estimate of drug-likeness (QED) is 0.404. The van der Waals surface area contributed by atoms with Crippen LogP contribution in [0.4, 0.5) is 10.2 Å². The van der Waals surface area contributed by atoms with Gasteiger partial charge in [-0.3, -0.25) is 4.52 Å². The van der Waals surface area contributed by atoms with Crippen LogP contribution in [0, 0.1) is 5.82 Å². The average molecular weight is 467 g/mol. The van der Waals surface area contributed by atoms with Crippen molar-refractivity contribution in [3.8, 4) is 17.2 Å². The summed E-state index contributed by atoms with van der Waals surface area (Å²) in [5.41, 5.74) is -0.679. The summed E-state index contributed by atoms with van der Waals surface area (Å²) in [7, 11) is -3.90. The lowest BCUT2D eigenvalue weighted by Crippen LogP contribution is -2.34. The maximum absolute atomic E-state index is 14.0. The van der Waals surface area contributed by atoms with Gasteiger partial charge in [0.05, 0.1) is 14.3 Å². The molecule has 27 heavy (non-hydrogen) atoms. The van der Waals surface area contributed by atoms with Crippen LogP contribution < -0.4 is 20.9 Å². The number of aromatic nitrogens is 4. The number of hydrogen-bond acceptors (Lipinski definition) is 9. The Bertz CT molecular complexity index is 1250. The molecule has 2 heterocycles. The number of anilines is 1. The van der Waals surface area contributed by atoms with Crippen LogP contribution in [0.3, 0.4) is 0 Å². The van der Waals surface area contributed by atoms with Gasteiger partial charge in [0.1, 0.15) is 5.82 Å². The van der Waals surface area contributed by atoms with E-state index in [1.807, 2.05) is 4.72 Å². The van der Waals surface area contributed by atoms with E-state index in [4.69, 9.17) is 9.25 Å². The van der Waals surface area contributed by atoms with Gasteiger partial charge in [0.15, 0.2) is 5.69 Å². The Morgan fingerprint density at radius 2 is 2.11 bits per heavy atom. The van der Waals surface area contributed by atoms with Crippen LogP contribution in [0.2, 0.25) is 0 Å². The zero-order valence-corrected chi connectivity index (χ0v) is 15.4. The minimum atomic E-state index is -3.90. The maximum atomic E-state index is 14.0. The number of benzene rings is 1. The Morgan fingerprint density at radius 3 is 2.85 bits per heavy atom. The number of nitrogens with two attached hydrogens (primary N) is 1. The predicted octanol–water partition coefficient (Wildman–Crippen LogP) is -0.0179. The second-order valence-corrected chi connectivity index (χ2v) is 6.96. The molecule has 0 saturated carbocycles. The van der Waals surface area contributed by atoms with E-state index >= 15 is 0 Å². The molecule has 0 saturated heterocycles. The standard InChI is InChI=1S/C12H11BrFN7O5S/c13-7-5-6(1-2-8(7)14)21-11(20-25-12(21)22)9-10(19-26-18-9)16-3-4-17-27(15,23)24/h1-2,5,17H,3-4H2,(H,16,19)(H2,15,23,24)/i1D,2D,5D.